The van der Waals surface area contributed by atoms with Gasteiger partial charge in [-0.25, -0.2) is 0 Å². The zero-order valence-electron chi connectivity index (χ0n) is 49.4. The van der Waals surface area contributed by atoms with Gasteiger partial charge in [-0.05, 0) is 51.4 Å². The number of hydrogen-bond donors (Lipinski definition) is 0. The summed E-state index contributed by atoms with van der Waals surface area (Å²) >= 11 is 0. The Hall–Kier alpha value is -2.11. The SMILES string of the molecule is CCCCCC/C=C\C/C=C\CCCCCCCC(=O)OC(COC(=O)CCCCCCCCCCCCCCCCC)COC(=O)CCCCCCCCCCCCCCCCCCCCCCCCCC. The van der Waals surface area contributed by atoms with Crippen LogP contribution in [0.25, 0.3) is 0 Å². The molecule has 0 radical (unpaired) electrons. The summed E-state index contributed by atoms with van der Waals surface area (Å²) < 4.78 is 16.9. The van der Waals surface area contributed by atoms with Crippen LogP contribution in [0.5, 0.6) is 0 Å². The highest BCUT2D eigenvalue weighted by Crippen LogP contribution is 2.18. The van der Waals surface area contributed by atoms with Crippen molar-refractivity contribution in [2.75, 3.05) is 13.2 Å². The van der Waals surface area contributed by atoms with Gasteiger partial charge in [0.2, 0.25) is 0 Å². The van der Waals surface area contributed by atoms with Crippen molar-refractivity contribution < 1.29 is 28.6 Å². The first kappa shape index (κ1) is 70.9. The van der Waals surface area contributed by atoms with Crippen LogP contribution in [-0.2, 0) is 28.6 Å². The number of carbonyl (C=O) groups excluding carboxylic acids is 3. The molecule has 0 aromatic heterocycles. The molecule has 0 N–H and O–H groups in total. The molecule has 0 spiro atoms. The summed E-state index contributed by atoms with van der Waals surface area (Å²) in [7, 11) is 0. The van der Waals surface area contributed by atoms with Crippen molar-refractivity contribution in [3.8, 4) is 0 Å². The maximum absolute atomic E-state index is 12.9. The number of carbonyl (C=O) groups is 3. The molecule has 0 saturated heterocycles. The Kier molecular flexibility index (Phi) is 60.6. The molecule has 73 heavy (non-hydrogen) atoms. The molecule has 0 bridgehead atoms. The summed E-state index contributed by atoms with van der Waals surface area (Å²) in [5.41, 5.74) is 0. The minimum Gasteiger partial charge on any atom is -0.462 e. The summed E-state index contributed by atoms with van der Waals surface area (Å²) in [6, 6.07) is 0. The summed E-state index contributed by atoms with van der Waals surface area (Å²) in [5.74, 6) is -0.856. The van der Waals surface area contributed by atoms with E-state index in [1.807, 2.05) is 0 Å². The van der Waals surface area contributed by atoms with Crippen molar-refractivity contribution in [2.24, 2.45) is 0 Å². The molecule has 0 aliphatic carbocycles. The monoisotopic (exact) mass is 1030 g/mol. The third kappa shape index (κ3) is 60.6. The number of rotatable bonds is 61. The largest absolute Gasteiger partial charge is 0.462 e. The second kappa shape index (κ2) is 62.4. The van der Waals surface area contributed by atoms with E-state index in [0.29, 0.717) is 19.3 Å². The van der Waals surface area contributed by atoms with Gasteiger partial charge in [-0.15, -0.1) is 0 Å². The van der Waals surface area contributed by atoms with Crippen molar-refractivity contribution >= 4 is 17.9 Å². The maximum Gasteiger partial charge on any atom is 0.306 e. The van der Waals surface area contributed by atoms with Crippen molar-refractivity contribution in [2.45, 2.75) is 374 Å². The standard InChI is InChI=1S/C67H126O6/c1-4-7-10-13-16-19-22-25-28-30-31-32-33-34-35-36-37-40-42-45-48-51-54-57-60-66(69)72-63-64(62-71-65(68)59-56-53-50-47-44-41-38-27-24-21-18-15-12-9-6-3)73-67(70)61-58-55-52-49-46-43-39-29-26-23-20-17-14-11-8-5-2/h20,23,29,39,64H,4-19,21-22,24-28,30-38,40-63H2,1-3H3/b23-20-,39-29-. The van der Waals surface area contributed by atoms with E-state index >= 15 is 0 Å². The molecule has 0 aromatic carbocycles. The fourth-order valence-electron chi connectivity index (χ4n) is 10.0. The molecule has 430 valence electrons. The van der Waals surface area contributed by atoms with Crippen molar-refractivity contribution in [3.05, 3.63) is 24.3 Å². The van der Waals surface area contributed by atoms with Gasteiger partial charge in [0.05, 0.1) is 0 Å². The third-order valence-corrected chi connectivity index (χ3v) is 15.0. The topological polar surface area (TPSA) is 78.9 Å². The number of esters is 3. The van der Waals surface area contributed by atoms with Crippen molar-refractivity contribution in [1.82, 2.24) is 0 Å². The van der Waals surface area contributed by atoms with E-state index in [0.717, 1.165) is 77.0 Å². The summed E-state index contributed by atoms with van der Waals surface area (Å²) in [6.45, 7) is 6.68. The van der Waals surface area contributed by atoms with Gasteiger partial charge < -0.3 is 14.2 Å². The maximum atomic E-state index is 12.9. The highest BCUT2D eigenvalue weighted by molar-refractivity contribution is 5.71. The predicted octanol–water partition coefficient (Wildman–Crippen LogP) is 22.2. The average Bonchev–Trinajstić information content (AvgIpc) is 3.39. The Labute approximate surface area is 455 Å². The van der Waals surface area contributed by atoms with Gasteiger partial charge in [0.15, 0.2) is 6.10 Å². The Morgan fingerprint density at radius 1 is 0.274 bits per heavy atom. The van der Waals surface area contributed by atoms with Crippen LogP contribution < -0.4 is 0 Å². The second-order valence-electron chi connectivity index (χ2n) is 22.4. The molecule has 0 aromatic rings. The smallest absolute Gasteiger partial charge is 0.306 e. The molecule has 0 rings (SSSR count). The Morgan fingerprint density at radius 3 is 0.767 bits per heavy atom. The molecule has 0 saturated carbocycles. The molecule has 6 nitrogen and oxygen atoms in total. The van der Waals surface area contributed by atoms with Crippen LogP contribution in [0.1, 0.15) is 367 Å². The molecule has 6 heteroatoms. The van der Waals surface area contributed by atoms with E-state index in [4.69, 9.17) is 14.2 Å². The molecule has 0 aliphatic rings. The lowest BCUT2D eigenvalue weighted by molar-refractivity contribution is -0.167. The number of ether oxygens (including phenoxy) is 3. The van der Waals surface area contributed by atoms with E-state index in [-0.39, 0.29) is 31.1 Å². The number of hydrogen-bond acceptors (Lipinski definition) is 6. The normalized spacial score (nSPS) is 12.1. The van der Waals surface area contributed by atoms with Gasteiger partial charge in [0.25, 0.3) is 0 Å². The summed E-state index contributed by atoms with van der Waals surface area (Å²) in [6.07, 6.45) is 74.8. The third-order valence-electron chi connectivity index (χ3n) is 15.0. The van der Waals surface area contributed by atoms with Gasteiger partial charge in [-0.3, -0.25) is 14.4 Å². The lowest BCUT2D eigenvalue weighted by atomic mass is 10.0. The van der Waals surface area contributed by atoms with Crippen LogP contribution in [0, 0.1) is 0 Å². The van der Waals surface area contributed by atoms with Crippen LogP contribution in [0.3, 0.4) is 0 Å². The minimum atomic E-state index is -0.775. The van der Waals surface area contributed by atoms with E-state index in [2.05, 4.69) is 45.1 Å². The predicted molar refractivity (Wildman–Crippen MR) is 316 cm³/mol. The first-order valence-electron chi connectivity index (χ1n) is 32.8. The molecule has 0 fully saturated rings. The Morgan fingerprint density at radius 2 is 0.493 bits per heavy atom. The zero-order chi connectivity index (χ0) is 52.9. The fraction of sp³-hybridized carbons (Fsp3) is 0.896. The molecule has 0 heterocycles. The van der Waals surface area contributed by atoms with Gasteiger partial charge in [-0.1, -0.05) is 321 Å². The van der Waals surface area contributed by atoms with Crippen LogP contribution >= 0.6 is 0 Å². The van der Waals surface area contributed by atoms with Crippen LogP contribution in [0.4, 0.5) is 0 Å². The second-order valence-corrected chi connectivity index (χ2v) is 22.4. The Balaban J connectivity index is 4.25. The molecule has 1 atom stereocenters. The highest BCUT2D eigenvalue weighted by atomic mass is 16.6. The summed E-state index contributed by atoms with van der Waals surface area (Å²) in [5, 5.41) is 0. The molecular weight excluding hydrogens is 901 g/mol. The lowest BCUT2D eigenvalue weighted by Gasteiger charge is -2.18. The van der Waals surface area contributed by atoms with Gasteiger partial charge >= 0.3 is 17.9 Å². The fourth-order valence-corrected chi connectivity index (χ4v) is 10.0. The lowest BCUT2D eigenvalue weighted by Crippen LogP contribution is -2.30. The average molecular weight is 1030 g/mol. The van der Waals surface area contributed by atoms with Gasteiger partial charge in [0.1, 0.15) is 13.2 Å². The first-order valence-corrected chi connectivity index (χ1v) is 32.8. The van der Waals surface area contributed by atoms with E-state index in [9.17, 15) is 14.4 Å². The van der Waals surface area contributed by atoms with E-state index in [1.165, 1.54) is 250 Å². The highest BCUT2D eigenvalue weighted by Gasteiger charge is 2.19. The van der Waals surface area contributed by atoms with Gasteiger partial charge in [0, 0.05) is 19.3 Å². The minimum absolute atomic E-state index is 0.0710. The van der Waals surface area contributed by atoms with E-state index < -0.39 is 6.10 Å². The molecule has 1 unspecified atom stereocenters. The number of allylic oxidation sites excluding steroid dienone is 4. The van der Waals surface area contributed by atoms with Crippen LogP contribution in [0.2, 0.25) is 0 Å². The molecule has 0 aliphatic heterocycles. The van der Waals surface area contributed by atoms with Gasteiger partial charge in [-0.2, -0.15) is 0 Å². The number of unbranched alkanes of at least 4 members (excludes halogenated alkanes) is 46. The van der Waals surface area contributed by atoms with E-state index in [1.54, 1.807) is 0 Å². The van der Waals surface area contributed by atoms with Crippen LogP contribution in [-0.4, -0.2) is 37.2 Å². The zero-order valence-corrected chi connectivity index (χ0v) is 49.4. The Bertz CT molecular complexity index is 1180. The quantitative estimate of drug-likeness (QED) is 0.0261. The van der Waals surface area contributed by atoms with Crippen molar-refractivity contribution in [3.63, 3.8) is 0 Å². The summed E-state index contributed by atoms with van der Waals surface area (Å²) in [4.78, 5) is 38.3. The van der Waals surface area contributed by atoms with Crippen LogP contribution in [0.15, 0.2) is 24.3 Å². The molecular formula is C67H126O6. The first-order chi connectivity index (χ1) is 36.0. The molecule has 0 amide bonds. The van der Waals surface area contributed by atoms with Crippen molar-refractivity contribution in [1.29, 1.82) is 0 Å².